The third-order valence-electron chi connectivity index (χ3n) is 6.14. The Morgan fingerprint density at radius 2 is 1.92 bits per heavy atom. The molecule has 0 bridgehead atoms. The molecule has 0 aromatic carbocycles. The normalized spacial score (nSPS) is 14.8. The van der Waals surface area contributed by atoms with Crippen LogP contribution < -0.4 is 5.32 Å². The van der Waals surface area contributed by atoms with E-state index in [1.165, 1.54) is 17.4 Å². The number of anilines is 1. The second-order valence-electron chi connectivity index (χ2n) is 8.43. The topological polar surface area (TPSA) is 74.2 Å². The van der Waals surface area contributed by atoms with E-state index < -0.39 is 11.9 Å². The lowest BCUT2D eigenvalue weighted by atomic mass is 10.1. The van der Waals surface area contributed by atoms with Crippen LogP contribution in [0.1, 0.15) is 16.1 Å². The van der Waals surface area contributed by atoms with Crippen molar-refractivity contribution < 1.29 is 18.0 Å². The zero-order chi connectivity index (χ0) is 25.1. The first-order valence-electron chi connectivity index (χ1n) is 11.5. The molecule has 4 aromatic heterocycles. The van der Waals surface area contributed by atoms with Crippen LogP contribution in [0.15, 0.2) is 59.7 Å². The summed E-state index contributed by atoms with van der Waals surface area (Å²) in [5, 5.41) is 7.54. The third kappa shape index (κ3) is 5.17. The van der Waals surface area contributed by atoms with Crippen molar-refractivity contribution in [2.45, 2.75) is 6.18 Å². The highest BCUT2D eigenvalue weighted by Crippen LogP contribution is 2.35. The molecule has 0 radical (unpaired) electrons. The summed E-state index contributed by atoms with van der Waals surface area (Å²) in [4.78, 5) is 29.1. The van der Waals surface area contributed by atoms with E-state index in [1.807, 2.05) is 21.7 Å². The molecular weight excluding hydrogens is 489 g/mol. The highest BCUT2D eigenvalue weighted by Gasteiger charge is 2.33. The molecule has 4 aromatic rings. The van der Waals surface area contributed by atoms with E-state index in [2.05, 4.69) is 25.2 Å². The molecule has 7 nitrogen and oxygen atoms in total. The molecule has 5 rings (SSSR count). The van der Waals surface area contributed by atoms with Crippen molar-refractivity contribution >= 4 is 34.0 Å². The third-order valence-corrected chi connectivity index (χ3v) is 6.82. The van der Waals surface area contributed by atoms with Crippen LogP contribution in [-0.4, -0.2) is 69.9 Å². The minimum Gasteiger partial charge on any atom is -0.368 e. The Kier molecular flexibility index (Phi) is 6.84. The molecule has 1 saturated heterocycles. The molecular formula is C25H23F3N6OS. The number of hydrogen-bond acceptors (Lipinski definition) is 7. The molecule has 0 aliphatic carbocycles. The number of rotatable bonds is 6. The van der Waals surface area contributed by atoms with Crippen molar-refractivity contribution in [1.82, 2.24) is 24.8 Å². The Morgan fingerprint density at radius 3 is 2.61 bits per heavy atom. The quantitative estimate of drug-likeness (QED) is 0.406. The van der Waals surface area contributed by atoms with Crippen LogP contribution in [0.5, 0.6) is 0 Å². The van der Waals surface area contributed by atoms with Gasteiger partial charge in [-0.05, 0) is 46.7 Å². The average molecular weight is 513 g/mol. The molecule has 1 aliphatic heterocycles. The number of carbonyl (C=O) groups is 1. The smallest absolute Gasteiger partial charge is 0.368 e. The summed E-state index contributed by atoms with van der Waals surface area (Å²) in [5.41, 5.74) is 1.27. The largest absolute Gasteiger partial charge is 0.433 e. The van der Waals surface area contributed by atoms with Crippen LogP contribution >= 0.6 is 11.3 Å². The van der Waals surface area contributed by atoms with E-state index in [-0.39, 0.29) is 11.4 Å². The number of thiophene rings is 1. The van der Waals surface area contributed by atoms with E-state index in [1.54, 1.807) is 30.7 Å². The molecule has 0 spiro atoms. The Bertz CT molecular complexity index is 1340. The predicted molar refractivity (Wildman–Crippen MR) is 133 cm³/mol. The van der Waals surface area contributed by atoms with Crippen molar-refractivity contribution in [3.8, 4) is 11.1 Å². The van der Waals surface area contributed by atoms with E-state index in [4.69, 9.17) is 0 Å². The van der Waals surface area contributed by atoms with Gasteiger partial charge in [-0.1, -0.05) is 0 Å². The van der Waals surface area contributed by atoms with Gasteiger partial charge in [0, 0.05) is 68.8 Å². The molecule has 11 heteroatoms. The molecule has 0 saturated carbocycles. The molecule has 186 valence electrons. The van der Waals surface area contributed by atoms with Crippen LogP contribution in [0.2, 0.25) is 0 Å². The summed E-state index contributed by atoms with van der Waals surface area (Å²) in [7, 11) is 0. The molecule has 1 amide bonds. The SMILES string of the molecule is O=C(c1cccnc1)N1CCN(CCNc2ncc(-c3ccsc3)c3nc(C(F)(F)F)ccc23)CC1. The molecule has 36 heavy (non-hydrogen) atoms. The van der Waals surface area contributed by atoms with Crippen LogP contribution in [0, 0.1) is 0 Å². The summed E-state index contributed by atoms with van der Waals surface area (Å²) in [6.45, 7) is 3.96. The number of fused-ring (bicyclic) bond motifs is 1. The van der Waals surface area contributed by atoms with Crippen molar-refractivity contribution in [1.29, 1.82) is 0 Å². The Hall–Kier alpha value is -3.57. The van der Waals surface area contributed by atoms with Gasteiger partial charge in [0.15, 0.2) is 0 Å². The van der Waals surface area contributed by atoms with Crippen molar-refractivity contribution in [2.24, 2.45) is 0 Å². The number of nitrogens with one attached hydrogen (secondary N) is 1. The zero-order valence-electron chi connectivity index (χ0n) is 19.2. The first-order chi connectivity index (χ1) is 17.4. The predicted octanol–water partition coefficient (Wildman–Crippen LogP) is 4.64. The number of pyridine rings is 3. The number of aromatic nitrogens is 3. The molecule has 0 atom stereocenters. The fourth-order valence-corrected chi connectivity index (χ4v) is 4.88. The van der Waals surface area contributed by atoms with E-state index >= 15 is 0 Å². The molecule has 0 unspecified atom stereocenters. The fourth-order valence-electron chi connectivity index (χ4n) is 4.22. The average Bonchev–Trinajstić information content (AvgIpc) is 3.43. The lowest BCUT2D eigenvalue weighted by Crippen LogP contribution is -2.49. The van der Waals surface area contributed by atoms with Crippen LogP contribution in [0.3, 0.4) is 0 Å². The lowest BCUT2D eigenvalue weighted by Gasteiger charge is -2.34. The Balaban J connectivity index is 1.25. The molecule has 1 aliphatic rings. The first kappa shape index (κ1) is 24.1. The maximum absolute atomic E-state index is 13.3. The summed E-state index contributed by atoms with van der Waals surface area (Å²) in [5.74, 6) is 0.476. The number of alkyl halides is 3. The van der Waals surface area contributed by atoms with Crippen LogP contribution in [0.4, 0.5) is 19.0 Å². The monoisotopic (exact) mass is 512 g/mol. The number of carbonyl (C=O) groups excluding carboxylic acids is 1. The maximum atomic E-state index is 13.3. The van der Waals surface area contributed by atoms with Gasteiger partial charge >= 0.3 is 6.18 Å². The number of amides is 1. The Labute approximate surface area is 209 Å². The number of hydrogen-bond donors (Lipinski definition) is 1. The van der Waals surface area contributed by atoms with Gasteiger partial charge in [0.05, 0.1) is 11.1 Å². The van der Waals surface area contributed by atoms with Crippen molar-refractivity contribution in [2.75, 3.05) is 44.6 Å². The molecule has 1 fully saturated rings. The van der Waals surface area contributed by atoms with Gasteiger partial charge in [0.1, 0.15) is 11.5 Å². The Morgan fingerprint density at radius 1 is 1.08 bits per heavy atom. The summed E-state index contributed by atoms with van der Waals surface area (Å²) in [6, 6.07) is 7.78. The van der Waals surface area contributed by atoms with Gasteiger partial charge in [-0.15, -0.1) is 0 Å². The van der Waals surface area contributed by atoms with Gasteiger partial charge in [-0.25, -0.2) is 9.97 Å². The van der Waals surface area contributed by atoms with Crippen LogP contribution in [0.25, 0.3) is 22.0 Å². The van der Waals surface area contributed by atoms with Crippen molar-refractivity contribution in [3.05, 3.63) is 70.9 Å². The molecule has 1 N–H and O–H groups in total. The highest BCUT2D eigenvalue weighted by molar-refractivity contribution is 7.08. The number of piperazine rings is 1. The first-order valence-corrected chi connectivity index (χ1v) is 12.4. The van der Waals surface area contributed by atoms with Gasteiger partial charge in [0.2, 0.25) is 0 Å². The van der Waals surface area contributed by atoms with E-state index in [0.717, 1.165) is 24.7 Å². The van der Waals surface area contributed by atoms with Crippen LogP contribution in [-0.2, 0) is 6.18 Å². The van der Waals surface area contributed by atoms with Gasteiger partial charge in [-0.3, -0.25) is 14.7 Å². The molecule has 5 heterocycles. The standard InChI is InChI=1S/C25H23F3N6OS/c26-25(27,28)21-4-3-19-22(32-21)20(18-5-13-36-16-18)15-31-23(19)30-7-8-33-9-11-34(12-10-33)24(35)17-2-1-6-29-14-17/h1-6,13-16H,7-12H2,(H,30,31). The fraction of sp³-hybridized carbons (Fsp3) is 0.280. The van der Waals surface area contributed by atoms with E-state index in [0.29, 0.717) is 48.5 Å². The summed E-state index contributed by atoms with van der Waals surface area (Å²) >= 11 is 1.46. The van der Waals surface area contributed by atoms with Crippen molar-refractivity contribution in [3.63, 3.8) is 0 Å². The minimum atomic E-state index is -4.53. The number of halogens is 3. The van der Waals surface area contributed by atoms with Gasteiger partial charge in [0.25, 0.3) is 5.91 Å². The maximum Gasteiger partial charge on any atom is 0.433 e. The second-order valence-corrected chi connectivity index (χ2v) is 9.21. The minimum absolute atomic E-state index is 0.0204. The van der Waals surface area contributed by atoms with Gasteiger partial charge < -0.3 is 10.2 Å². The number of nitrogens with zero attached hydrogens (tertiary/aromatic N) is 5. The zero-order valence-corrected chi connectivity index (χ0v) is 20.0. The van der Waals surface area contributed by atoms with Gasteiger partial charge in [-0.2, -0.15) is 24.5 Å². The van der Waals surface area contributed by atoms with E-state index in [9.17, 15) is 18.0 Å². The lowest BCUT2D eigenvalue weighted by molar-refractivity contribution is -0.140. The summed E-state index contributed by atoms with van der Waals surface area (Å²) < 4.78 is 40.0. The highest BCUT2D eigenvalue weighted by atomic mass is 32.1. The second kappa shape index (κ2) is 10.2. The summed E-state index contributed by atoms with van der Waals surface area (Å²) in [6.07, 6.45) is 0.257.